The van der Waals surface area contributed by atoms with Crippen molar-refractivity contribution >= 4 is 29.1 Å². The monoisotopic (exact) mass is 332 g/mol. The number of halogens is 2. The van der Waals surface area contributed by atoms with E-state index in [-0.39, 0.29) is 18.4 Å². The van der Waals surface area contributed by atoms with Crippen molar-refractivity contribution in [2.75, 3.05) is 13.7 Å². The van der Waals surface area contributed by atoms with Crippen LogP contribution in [0, 0.1) is 0 Å². The molecule has 0 aromatic heterocycles. The maximum absolute atomic E-state index is 12.0. The van der Waals surface area contributed by atoms with Crippen LogP contribution in [-0.2, 0) is 16.0 Å². The van der Waals surface area contributed by atoms with E-state index in [2.05, 4.69) is 5.32 Å². The van der Waals surface area contributed by atoms with Gasteiger partial charge in [-0.15, -0.1) is 0 Å². The summed E-state index contributed by atoms with van der Waals surface area (Å²) in [5, 5.41) is 4.17. The molecule has 118 valence electrons. The predicted molar refractivity (Wildman–Crippen MR) is 86.9 cm³/mol. The van der Waals surface area contributed by atoms with Gasteiger partial charge in [-0.2, -0.15) is 0 Å². The van der Waals surface area contributed by atoms with Gasteiger partial charge in [0.1, 0.15) is 0 Å². The number of rotatable bonds is 7. The Morgan fingerprint density at radius 3 is 2.62 bits per heavy atom. The van der Waals surface area contributed by atoms with E-state index in [9.17, 15) is 4.79 Å². The average Bonchev–Trinajstić information content (AvgIpc) is 2.38. The minimum absolute atomic E-state index is 0.0950. The Hall–Kier alpha value is -0.810. The van der Waals surface area contributed by atoms with E-state index in [4.69, 9.17) is 33.7 Å². The molecule has 0 aliphatic heterocycles. The van der Waals surface area contributed by atoms with Gasteiger partial charge in [0.05, 0.1) is 12.5 Å². The summed E-state index contributed by atoms with van der Waals surface area (Å²) in [4.78, 5) is 12.0. The zero-order chi connectivity index (χ0) is 16.0. The Morgan fingerprint density at radius 2 is 2.10 bits per heavy atom. The number of benzene rings is 1. The molecule has 0 bridgehead atoms. The van der Waals surface area contributed by atoms with Gasteiger partial charge in [-0.05, 0) is 38.0 Å². The predicted octanol–water partition coefficient (Wildman–Crippen LogP) is 2.79. The average molecular weight is 333 g/mol. The summed E-state index contributed by atoms with van der Waals surface area (Å²) >= 11 is 12.0. The third-order valence-corrected chi connectivity index (χ3v) is 3.72. The number of ether oxygens (including phenoxy) is 1. The van der Waals surface area contributed by atoms with Crippen molar-refractivity contribution in [3.8, 4) is 0 Å². The van der Waals surface area contributed by atoms with E-state index in [1.165, 1.54) is 0 Å². The van der Waals surface area contributed by atoms with Crippen LogP contribution in [0.15, 0.2) is 18.2 Å². The first-order valence-corrected chi connectivity index (χ1v) is 7.51. The van der Waals surface area contributed by atoms with E-state index >= 15 is 0 Å². The summed E-state index contributed by atoms with van der Waals surface area (Å²) in [5.41, 5.74) is 6.03. The molecule has 1 aromatic rings. The van der Waals surface area contributed by atoms with Gasteiger partial charge < -0.3 is 15.8 Å². The van der Waals surface area contributed by atoms with Crippen LogP contribution < -0.4 is 11.1 Å². The number of methoxy groups -OCH3 is 1. The molecule has 0 aliphatic carbocycles. The highest BCUT2D eigenvalue weighted by Gasteiger charge is 2.23. The maximum Gasteiger partial charge on any atom is 0.223 e. The molecule has 1 atom stereocenters. The Labute approximate surface area is 135 Å². The van der Waals surface area contributed by atoms with Gasteiger partial charge in [0.25, 0.3) is 0 Å². The second-order valence-electron chi connectivity index (χ2n) is 5.64. The summed E-state index contributed by atoms with van der Waals surface area (Å²) in [6.07, 6.45) is 0.583. The lowest BCUT2D eigenvalue weighted by atomic mass is 9.94. The quantitative estimate of drug-likeness (QED) is 0.806. The van der Waals surface area contributed by atoms with Crippen LogP contribution in [0.3, 0.4) is 0 Å². The summed E-state index contributed by atoms with van der Waals surface area (Å²) < 4.78 is 5.11. The summed E-state index contributed by atoms with van der Waals surface area (Å²) in [6, 6.07) is 5.36. The molecule has 4 nitrogen and oxygen atoms in total. The molecule has 0 heterocycles. The first-order chi connectivity index (χ1) is 9.77. The largest absolute Gasteiger partial charge is 0.380 e. The number of hydrogen-bond acceptors (Lipinski definition) is 3. The number of nitrogens with one attached hydrogen (secondary N) is 1. The molecule has 0 spiro atoms. The van der Waals surface area contributed by atoms with Crippen LogP contribution in [0.4, 0.5) is 0 Å². The van der Waals surface area contributed by atoms with Crippen molar-refractivity contribution in [3.05, 3.63) is 33.8 Å². The molecule has 3 N–H and O–H groups in total. The van der Waals surface area contributed by atoms with Crippen LogP contribution >= 0.6 is 23.2 Å². The van der Waals surface area contributed by atoms with Crippen molar-refractivity contribution < 1.29 is 9.53 Å². The summed E-state index contributed by atoms with van der Waals surface area (Å²) in [5.74, 6) is -0.0950. The molecule has 0 saturated carbocycles. The molecule has 0 aliphatic rings. The zero-order valence-electron chi connectivity index (χ0n) is 12.6. The Balaban J connectivity index is 2.66. The molecule has 0 saturated heterocycles. The topological polar surface area (TPSA) is 64.3 Å². The number of carbonyl (C=O) groups excluding carboxylic acids is 1. The van der Waals surface area contributed by atoms with Crippen molar-refractivity contribution in [3.63, 3.8) is 0 Å². The number of hydrogen-bond donors (Lipinski definition) is 2. The molecule has 1 unspecified atom stereocenters. The van der Waals surface area contributed by atoms with Gasteiger partial charge in [-0.3, -0.25) is 4.79 Å². The molecular weight excluding hydrogens is 311 g/mol. The van der Waals surface area contributed by atoms with Crippen molar-refractivity contribution in [2.24, 2.45) is 5.73 Å². The van der Waals surface area contributed by atoms with Gasteiger partial charge in [-0.1, -0.05) is 29.3 Å². The minimum Gasteiger partial charge on any atom is -0.380 e. The lowest BCUT2D eigenvalue weighted by molar-refractivity contribution is -0.124. The van der Waals surface area contributed by atoms with Crippen LogP contribution in [0.25, 0.3) is 0 Å². The molecule has 21 heavy (non-hydrogen) atoms. The second kappa shape index (κ2) is 7.99. The first-order valence-electron chi connectivity index (χ1n) is 6.75. The number of carbonyl (C=O) groups is 1. The fourth-order valence-corrected chi connectivity index (χ4v) is 2.56. The van der Waals surface area contributed by atoms with Crippen LogP contribution in [0.5, 0.6) is 0 Å². The summed E-state index contributed by atoms with van der Waals surface area (Å²) in [7, 11) is 1.55. The molecule has 6 heteroatoms. The van der Waals surface area contributed by atoms with E-state index in [0.717, 1.165) is 5.56 Å². The highest BCUT2D eigenvalue weighted by atomic mass is 35.5. The molecular formula is C15H22Cl2N2O2. The first kappa shape index (κ1) is 18.2. The lowest BCUT2D eigenvalue weighted by Gasteiger charge is -2.28. The maximum atomic E-state index is 12.0. The van der Waals surface area contributed by atoms with E-state index in [1.807, 2.05) is 19.9 Å². The standard InChI is InChI=1S/C15H22Cl2N2O2/c1-15(2,19-14(20)7-12(9-18)21-3)8-10-4-5-11(16)6-13(10)17/h4-6,12H,7-9,18H2,1-3H3,(H,19,20). The van der Waals surface area contributed by atoms with Gasteiger partial charge in [-0.25, -0.2) is 0 Å². The highest BCUT2D eigenvalue weighted by Crippen LogP contribution is 2.24. The van der Waals surface area contributed by atoms with Crippen molar-refractivity contribution in [1.29, 1.82) is 0 Å². The van der Waals surface area contributed by atoms with Gasteiger partial charge in [0, 0.05) is 29.2 Å². The molecule has 1 rings (SSSR count). The Bertz CT molecular complexity index is 489. The molecule has 1 amide bonds. The Morgan fingerprint density at radius 1 is 1.43 bits per heavy atom. The fraction of sp³-hybridized carbons (Fsp3) is 0.533. The number of nitrogens with two attached hydrogens (primary N) is 1. The van der Waals surface area contributed by atoms with Crippen LogP contribution in [0.2, 0.25) is 10.0 Å². The van der Waals surface area contributed by atoms with E-state index in [0.29, 0.717) is 23.0 Å². The Kier molecular flexibility index (Phi) is 6.94. The van der Waals surface area contributed by atoms with E-state index < -0.39 is 5.54 Å². The van der Waals surface area contributed by atoms with Gasteiger partial charge in [0.2, 0.25) is 5.91 Å². The molecule has 0 radical (unpaired) electrons. The van der Waals surface area contributed by atoms with E-state index in [1.54, 1.807) is 19.2 Å². The highest BCUT2D eigenvalue weighted by molar-refractivity contribution is 6.35. The third kappa shape index (κ3) is 6.22. The van der Waals surface area contributed by atoms with Gasteiger partial charge in [0.15, 0.2) is 0 Å². The lowest BCUT2D eigenvalue weighted by Crippen LogP contribution is -2.46. The molecule has 1 aromatic carbocycles. The number of amides is 1. The third-order valence-electron chi connectivity index (χ3n) is 3.13. The van der Waals surface area contributed by atoms with Crippen molar-refractivity contribution in [1.82, 2.24) is 5.32 Å². The fourth-order valence-electron chi connectivity index (χ4n) is 2.08. The zero-order valence-corrected chi connectivity index (χ0v) is 14.1. The smallest absolute Gasteiger partial charge is 0.223 e. The van der Waals surface area contributed by atoms with Gasteiger partial charge >= 0.3 is 0 Å². The molecule has 0 fully saturated rings. The van der Waals surface area contributed by atoms with Crippen LogP contribution in [0.1, 0.15) is 25.8 Å². The second-order valence-corrected chi connectivity index (χ2v) is 6.49. The van der Waals surface area contributed by atoms with Crippen molar-refractivity contribution in [2.45, 2.75) is 38.3 Å². The SMILES string of the molecule is COC(CN)CC(=O)NC(C)(C)Cc1ccc(Cl)cc1Cl. The minimum atomic E-state index is -0.429. The normalized spacial score (nSPS) is 13.0. The van der Waals surface area contributed by atoms with Crippen LogP contribution in [-0.4, -0.2) is 31.2 Å². The summed E-state index contributed by atoms with van der Waals surface area (Å²) in [6.45, 7) is 4.20.